The Bertz CT molecular complexity index is 265. The molecule has 0 N–H and O–H groups in total. The van der Waals surface area contributed by atoms with E-state index in [-0.39, 0.29) is 54.3 Å². The maximum absolute atomic E-state index is 11.0. The van der Waals surface area contributed by atoms with E-state index < -0.39 is 0 Å². The van der Waals surface area contributed by atoms with Crippen molar-refractivity contribution in [1.82, 2.24) is 0 Å². The average molecular weight is 238 g/mol. The van der Waals surface area contributed by atoms with Gasteiger partial charge in [0.25, 0.3) is 0 Å². The summed E-state index contributed by atoms with van der Waals surface area (Å²) in [4.78, 5) is 11.0. The molecule has 60 valence electrons. The summed E-state index contributed by atoms with van der Waals surface area (Å²) in [7, 11) is 0. The van der Waals surface area contributed by atoms with Gasteiger partial charge in [-0.25, -0.2) is 4.79 Å². The maximum Gasteiger partial charge on any atom is 2.00 e. The molecule has 1 rings (SSSR count). The summed E-state index contributed by atoms with van der Waals surface area (Å²) >= 11 is 0. The minimum atomic E-state index is -0.374. The van der Waals surface area contributed by atoms with Crippen LogP contribution in [-0.4, -0.2) is 51.5 Å². The zero-order valence-corrected chi connectivity index (χ0v) is 10.2. The van der Waals surface area contributed by atoms with E-state index in [1.807, 2.05) is 6.07 Å². The Labute approximate surface area is 111 Å². The Morgan fingerprint density at radius 3 is 2.50 bits per heavy atom. The molecule has 0 amide bonds. The van der Waals surface area contributed by atoms with Crippen molar-refractivity contribution in [3.8, 4) is 0 Å². The number of ether oxygens (including phenoxy) is 1. The molecule has 12 heavy (non-hydrogen) atoms. The van der Waals surface area contributed by atoms with Gasteiger partial charge >= 0.3 is 51.5 Å². The number of hydrogen-bond donors (Lipinski definition) is 0. The fraction of sp³-hybridized carbons (Fsp3) is 0. The summed E-state index contributed by atoms with van der Waals surface area (Å²) in [6.45, 7) is 3.28. The van der Waals surface area contributed by atoms with Gasteiger partial charge in [-0.15, -0.1) is 0 Å². The Hall–Kier alpha value is -0.0895. The Morgan fingerprint density at radius 1 is 1.42 bits per heavy atom. The Kier molecular flexibility index (Phi) is 6.38. The van der Waals surface area contributed by atoms with Crippen molar-refractivity contribution in [3.05, 3.63) is 48.7 Å². The van der Waals surface area contributed by atoms with Gasteiger partial charge in [0.15, 0.2) is 0 Å². The Morgan fingerprint density at radius 2 is 2.00 bits per heavy atom. The van der Waals surface area contributed by atoms with Crippen LogP contribution in [0.4, 0.5) is 0 Å². The minimum absolute atomic E-state index is 0. The quantitative estimate of drug-likeness (QED) is 0.446. The number of rotatable bonds is 2. The summed E-state index contributed by atoms with van der Waals surface area (Å²) < 4.78 is 4.55. The van der Waals surface area contributed by atoms with E-state index in [4.69, 9.17) is 0 Å². The van der Waals surface area contributed by atoms with E-state index in [1.54, 1.807) is 24.3 Å². The first-order valence-corrected chi connectivity index (χ1v) is 3.21. The van der Waals surface area contributed by atoms with Crippen molar-refractivity contribution in [1.29, 1.82) is 0 Å². The normalized spacial score (nSPS) is 8.00. The average Bonchev–Trinajstić information content (AvgIpc) is 2.07. The zero-order chi connectivity index (χ0) is 8.10. The van der Waals surface area contributed by atoms with Crippen molar-refractivity contribution in [3.63, 3.8) is 0 Å². The fourth-order valence-corrected chi connectivity index (χ4v) is 0.718. The minimum Gasteiger partial charge on any atom is -1.00 e. The van der Waals surface area contributed by atoms with Crippen molar-refractivity contribution in [2.45, 2.75) is 0 Å². The molecule has 0 radical (unpaired) electrons. The van der Waals surface area contributed by atoms with E-state index in [0.717, 1.165) is 6.26 Å². The fourth-order valence-electron chi connectivity index (χ4n) is 0.718. The second kappa shape index (κ2) is 6.43. The first kappa shape index (κ1) is 11.9. The van der Waals surface area contributed by atoms with Crippen LogP contribution in [0.5, 0.6) is 0 Å². The molecule has 2 nitrogen and oxygen atoms in total. The molecule has 0 aromatic heterocycles. The molecule has 0 atom stereocenters. The van der Waals surface area contributed by atoms with Crippen LogP contribution < -0.4 is 0 Å². The molecule has 0 saturated carbocycles. The molecule has 0 aliphatic carbocycles. The molecule has 0 aliphatic rings. The van der Waals surface area contributed by atoms with Gasteiger partial charge in [-0.1, -0.05) is 24.8 Å². The van der Waals surface area contributed by atoms with Crippen LogP contribution in [0.3, 0.4) is 0 Å². The predicted octanol–water partition coefficient (Wildman–Crippen LogP) is 1.83. The van der Waals surface area contributed by atoms with Gasteiger partial charge in [-0.05, 0) is 12.1 Å². The van der Waals surface area contributed by atoms with Gasteiger partial charge in [0.1, 0.15) is 0 Å². The van der Waals surface area contributed by atoms with Crippen LogP contribution in [0, 0.1) is 0 Å². The molecule has 0 bridgehead atoms. The van der Waals surface area contributed by atoms with Crippen LogP contribution in [0.25, 0.3) is 0 Å². The third kappa shape index (κ3) is 3.54. The smallest absolute Gasteiger partial charge is 1.00 e. The van der Waals surface area contributed by atoms with E-state index in [9.17, 15) is 4.79 Å². The molecule has 1 aromatic carbocycles. The van der Waals surface area contributed by atoms with Gasteiger partial charge in [0, 0.05) is 0 Å². The van der Waals surface area contributed by atoms with Crippen LogP contribution in [0.1, 0.15) is 13.2 Å². The molecular formula is C9H10O2Sr. The largest absolute Gasteiger partial charge is 2.00 e. The second-order valence-electron chi connectivity index (χ2n) is 1.94. The SMILES string of the molecule is C=COC(=O)c1ccccc1.[H-].[H-].[Sr+2]. The number of esters is 1. The van der Waals surface area contributed by atoms with Crippen molar-refractivity contribution < 1.29 is 12.4 Å². The van der Waals surface area contributed by atoms with Crippen LogP contribution in [0.15, 0.2) is 43.2 Å². The summed E-state index contributed by atoms with van der Waals surface area (Å²) in [5.41, 5.74) is 0.535. The number of carbonyl (C=O) groups is 1. The number of benzene rings is 1. The molecule has 3 heteroatoms. The third-order valence-electron chi connectivity index (χ3n) is 1.20. The summed E-state index contributed by atoms with van der Waals surface area (Å²) in [6.07, 6.45) is 1.12. The van der Waals surface area contributed by atoms with Crippen molar-refractivity contribution in [2.75, 3.05) is 0 Å². The monoisotopic (exact) mass is 238 g/mol. The first-order valence-electron chi connectivity index (χ1n) is 3.21. The topological polar surface area (TPSA) is 26.3 Å². The zero-order valence-electron chi connectivity index (χ0n) is 8.69. The van der Waals surface area contributed by atoms with Crippen LogP contribution >= 0.6 is 0 Å². The van der Waals surface area contributed by atoms with Crippen LogP contribution in [0.2, 0.25) is 0 Å². The standard InChI is InChI=1S/C9H8O2.Sr.2H/c1-2-11-9(10)8-6-4-3-5-7-8;;;/h2-7H,1H2;;;/q;+2;2*-1. The summed E-state index contributed by atoms with van der Waals surface area (Å²) in [5.74, 6) is -0.374. The van der Waals surface area contributed by atoms with E-state index in [2.05, 4.69) is 11.3 Å². The third-order valence-corrected chi connectivity index (χ3v) is 1.20. The number of carbonyl (C=O) groups excluding carboxylic acids is 1. The van der Waals surface area contributed by atoms with Gasteiger partial charge in [0.2, 0.25) is 0 Å². The van der Waals surface area contributed by atoms with Gasteiger partial charge in [0.05, 0.1) is 11.8 Å². The Balaban J connectivity index is -0.000000403. The summed E-state index contributed by atoms with van der Waals surface area (Å²) in [5, 5.41) is 0. The predicted molar refractivity (Wildman–Crippen MR) is 50.0 cm³/mol. The molecular weight excluding hydrogens is 228 g/mol. The molecule has 0 spiro atoms. The first-order chi connectivity index (χ1) is 5.34. The van der Waals surface area contributed by atoms with Crippen molar-refractivity contribution in [2.24, 2.45) is 0 Å². The van der Waals surface area contributed by atoms with Gasteiger partial charge in [-0.2, -0.15) is 0 Å². The molecule has 0 saturated heterocycles. The summed E-state index contributed by atoms with van der Waals surface area (Å²) in [6, 6.07) is 8.77. The number of hydrogen-bond acceptors (Lipinski definition) is 2. The maximum atomic E-state index is 11.0. The van der Waals surface area contributed by atoms with Crippen molar-refractivity contribution >= 4 is 51.5 Å². The molecule has 1 aromatic rings. The second-order valence-corrected chi connectivity index (χ2v) is 1.94. The molecule has 0 heterocycles. The molecule has 0 fully saturated rings. The van der Waals surface area contributed by atoms with Gasteiger partial charge in [-0.3, -0.25) is 0 Å². The van der Waals surface area contributed by atoms with E-state index in [0.29, 0.717) is 5.56 Å². The van der Waals surface area contributed by atoms with E-state index >= 15 is 0 Å². The molecule has 0 aliphatic heterocycles. The van der Waals surface area contributed by atoms with E-state index in [1.165, 1.54) is 0 Å². The van der Waals surface area contributed by atoms with Crippen LogP contribution in [-0.2, 0) is 4.74 Å². The van der Waals surface area contributed by atoms with Gasteiger partial charge < -0.3 is 7.59 Å². The molecule has 0 unspecified atom stereocenters.